The maximum atomic E-state index is 4.66. The first-order valence-corrected chi connectivity index (χ1v) is 6.39. The molecule has 0 spiro atoms. The van der Waals surface area contributed by atoms with Crippen LogP contribution >= 0.6 is 0 Å². The van der Waals surface area contributed by atoms with Crippen LogP contribution in [0.4, 0.5) is 5.82 Å². The Morgan fingerprint density at radius 3 is 2.72 bits per heavy atom. The molecule has 0 aliphatic heterocycles. The highest BCUT2D eigenvalue weighted by Crippen LogP contribution is 2.28. The van der Waals surface area contributed by atoms with Crippen LogP contribution < -0.4 is 5.32 Å². The van der Waals surface area contributed by atoms with Gasteiger partial charge in [-0.25, -0.2) is 9.97 Å². The van der Waals surface area contributed by atoms with Crippen molar-refractivity contribution in [3.8, 4) is 0 Å². The van der Waals surface area contributed by atoms with Crippen LogP contribution in [0.2, 0.25) is 0 Å². The predicted molar refractivity (Wildman–Crippen MR) is 73.6 cm³/mol. The third-order valence-corrected chi connectivity index (χ3v) is 3.03. The Morgan fingerprint density at radius 1 is 1.22 bits per heavy atom. The van der Waals surface area contributed by atoms with Crippen LogP contribution in [0.1, 0.15) is 18.7 Å². The molecule has 1 N–H and O–H groups in total. The third kappa shape index (κ3) is 2.43. The zero-order valence-corrected chi connectivity index (χ0v) is 10.8. The summed E-state index contributed by atoms with van der Waals surface area (Å²) >= 11 is 0. The minimum Gasteiger partial charge on any atom is -0.367 e. The van der Waals surface area contributed by atoms with E-state index in [2.05, 4.69) is 26.3 Å². The molecule has 1 heterocycles. The molecule has 0 radical (unpaired) electrons. The van der Waals surface area contributed by atoms with E-state index in [4.69, 9.17) is 0 Å². The van der Waals surface area contributed by atoms with Gasteiger partial charge in [0.05, 0.1) is 12.1 Å². The fourth-order valence-electron chi connectivity index (χ4n) is 2.01. The van der Waals surface area contributed by atoms with Crippen molar-refractivity contribution in [1.82, 2.24) is 14.9 Å². The van der Waals surface area contributed by atoms with Gasteiger partial charge >= 0.3 is 0 Å². The Hall–Kier alpha value is -1.68. The lowest BCUT2D eigenvalue weighted by atomic mass is 10.2. The second kappa shape index (κ2) is 4.53. The topological polar surface area (TPSA) is 41.1 Å². The van der Waals surface area contributed by atoms with Gasteiger partial charge in [-0.05, 0) is 39.1 Å². The first-order valence-electron chi connectivity index (χ1n) is 6.39. The molecule has 1 fully saturated rings. The summed E-state index contributed by atoms with van der Waals surface area (Å²) < 4.78 is 0. The first-order chi connectivity index (χ1) is 8.72. The summed E-state index contributed by atoms with van der Waals surface area (Å²) in [6.45, 7) is 0.768. The van der Waals surface area contributed by atoms with Gasteiger partial charge in [0.15, 0.2) is 0 Å². The summed E-state index contributed by atoms with van der Waals surface area (Å²) in [7, 11) is 4.07. The number of hydrogen-bond acceptors (Lipinski definition) is 4. The molecule has 0 atom stereocenters. The maximum Gasteiger partial charge on any atom is 0.145 e. The Kier molecular flexibility index (Phi) is 2.88. The van der Waals surface area contributed by atoms with Crippen LogP contribution in [0.15, 0.2) is 24.3 Å². The minimum atomic E-state index is 0.607. The molecular weight excluding hydrogens is 224 g/mol. The van der Waals surface area contributed by atoms with Crippen LogP contribution in [-0.4, -0.2) is 35.0 Å². The van der Waals surface area contributed by atoms with Crippen LogP contribution in [0, 0.1) is 0 Å². The zero-order chi connectivity index (χ0) is 12.5. The van der Waals surface area contributed by atoms with Crippen LogP contribution in [0.25, 0.3) is 10.9 Å². The number of rotatable bonds is 4. The summed E-state index contributed by atoms with van der Waals surface area (Å²) in [6, 6.07) is 8.80. The van der Waals surface area contributed by atoms with Crippen molar-refractivity contribution in [3.63, 3.8) is 0 Å². The molecule has 1 aliphatic carbocycles. The number of nitrogens with zero attached hydrogens (tertiary/aromatic N) is 3. The van der Waals surface area contributed by atoms with E-state index in [0.29, 0.717) is 6.04 Å². The number of nitrogens with one attached hydrogen (secondary N) is 1. The molecule has 94 valence electrons. The summed E-state index contributed by atoms with van der Waals surface area (Å²) in [5.74, 6) is 1.86. The first kappa shape index (κ1) is 11.4. The molecule has 4 heteroatoms. The number of para-hydroxylation sites is 1. The highest BCUT2D eigenvalue weighted by Gasteiger charge is 2.22. The van der Waals surface area contributed by atoms with Crippen molar-refractivity contribution in [2.45, 2.75) is 25.4 Å². The molecule has 1 aromatic carbocycles. The Morgan fingerprint density at radius 2 is 2.00 bits per heavy atom. The summed E-state index contributed by atoms with van der Waals surface area (Å²) in [5.41, 5.74) is 1.02. The predicted octanol–water partition coefficient (Wildman–Crippen LogP) is 2.27. The van der Waals surface area contributed by atoms with Gasteiger partial charge in [-0.2, -0.15) is 0 Å². The number of aromatic nitrogens is 2. The van der Waals surface area contributed by atoms with Crippen molar-refractivity contribution < 1.29 is 0 Å². The fraction of sp³-hybridized carbons (Fsp3) is 0.429. The van der Waals surface area contributed by atoms with E-state index in [0.717, 1.165) is 29.1 Å². The van der Waals surface area contributed by atoms with E-state index in [1.54, 1.807) is 0 Å². The molecule has 0 unspecified atom stereocenters. The van der Waals surface area contributed by atoms with E-state index < -0.39 is 0 Å². The summed E-state index contributed by atoms with van der Waals surface area (Å²) in [5, 5.41) is 4.62. The average molecular weight is 242 g/mol. The average Bonchev–Trinajstić information content (AvgIpc) is 3.12. The van der Waals surface area contributed by atoms with Crippen molar-refractivity contribution in [2.75, 3.05) is 19.4 Å². The molecule has 3 rings (SSSR count). The van der Waals surface area contributed by atoms with Gasteiger partial charge in [-0.3, -0.25) is 0 Å². The molecule has 1 saturated carbocycles. The standard InChI is InChI=1S/C14H18N4/c1-18(2)9-13-16-12-6-4-3-5-11(12)14(17-13)15-10-7-8-10/h3-6,10H,7-9H2,1-2H3,(H,15,16,17). The van der Waals surface area contributed by atoms with Gasteiger partial charge in [0.1, 0.15) is 11.6 Å². The highest BCUT2D eigenvalue weighted by molar-refractivity contribution is 5.89. The lowest BCUT2D eigenvalue weighted by Gasteiger charge is -2.12. The number of anilines is 1. The smallest absolute Gasteiger partial charge is 0.145 e. The van der Waals surface area contributed by atoms with E-state index in [1.165, 1.54) is 12.8 Å². The van der Waals surface area contributed by atoms with Gasteiger partial charge < -0.3 is 10.2 Å². The number of benzene rings is 1. The quantitative estimate of drug-likeness (QED) is 0.893. The molecule has 18 heavy (non-hydrogen) atoms. The van der Waals surface area contributed by atoms with E-state index in [1.807, 2.05) is 32.3 Å². The Balaban J connectivity index is 2.04. The molecule has 2 aromatic rings. The van der Waals surface area contributed by atoms with Crippen molar-refractivity contribution in [2.24, 2.45) is 0 Å². The Bertz CT molecular complexity index is 561. The summed E-state index contributed by atoms with van der Waals surface area (Å²) in [6.07, 6.45) is 2.50. The van der Waals surface area contributed by atoms with E-state index in [9.17, 15) is 0 Å². The van der Waals surface area contributed by atoms with Gasteiger partial charge in [-0.1, -0.05) is 12.1 Å². The van der Waals surface area contributed by atoms with Crippen LogP contribution in [-0.2, 0) is 6.54 Å². The minimum absolute atomic E-state index is 0.607. The molecule has 1 aromatic heterocycles. The van der Waals surface area contributed by atoms with Crippen molar-refractivity contribution in [1.29, 1.82) is 0 Å². The Labute approximate surface area is 107 Å². The molecule has 0 saturated heterocycles. The lowest BCUT2D eigenvalue weighted by Crippen LogP contribution is -2.15. The molecule has 4 nitrogen and oxygen atoms in total. The molecule has 0 amide bonds. The van der Waals surface area contributed by atoms with Gasteiger partial charge in [-0.15, -0.1) is 0 Å². The van der Waals surface area contributed by atoms with Gasteiger partial charge in [0.2, 0.25) is 0 Å². The molecule has 1 aliphatic rings. The molecule has 0 bridgehead atoms. The second-order valence-corrected chi connectivity index (χ2v) is 5.16. The van der Waals surface area contributed by atoms with E-state index >= 15 is 0 Å². The largest absolute Gasteiger partial charge is 0.367 e. The van der Waals surface area contributed by atoms with Crippen LogP contribution in [0.3, 0.4) is 0 Å². The zero-order valence-electron chi connectivity index (χ0n) is 10.8. The van der Waals surface area contributed by atoms with Crippen LogP contribution in [0.5, 0.6) is 0 Å². The maximum absolute atomic E-state index is 4.66. The highest BCUT2D eigenvalue weighted by atomic mass is 15.1. The van der Waals surface area contributed by atoms with E-state index in [-0.39, 0.29) is 0 Å². The lowest BCUT2D eigenvalue weighted by molar-refractivity contribution is 0.391. The number of fused-ring (bicyclic) bond motifs is 1. The van der Waals surface area contributed by atoms with Crippen molar-refractivity contribution >= 4 is 16.7 Å². The fourth-order valence-corrected chi connectivity index (χ4v) is 2.01. The normalized spacial score (nSPS) is 15.3. The third-order valence-electron chi connectivity index (χ3n) is 3.03. The monoisotopic (exact) mass is 242 g/mol. The SMILES string of the molecule is CN(C)Cc1nc(NC2CC2)c2ccccc2n1. The second-order valence-electron chi connectivity index (χ2n) is 5.16. The van der Waals surface area contributed by atoms with Gasteiger partial charge in [0.25, 0.3) is 0 Å². The molecular formula is C14H18N4. The van der Waals surface area contributed by atoms with Crippen molar-refractivity contribution in [3.05, 3.63) is 30.1 Å². The number of hydrogen-bond donors (Lipinski definition) is 1. The summed E-state index contributed by atoms with van der Waals surface area (Å²) in [4.78, 5) is 11.4. The van der Waals surface area contributed by atoms with Gasteiger partial charge in [0, 0.05) is 11.4 Å².